The third kappa shape index (κ3) is 3.59. The van der Waals surface area contributed by atoms with Crippen molar-refractivity contribution < 1.29 is 9.90 Å². The summed E-state index contributed by atoms with van der Waals surface area (Å²) in [6.45, 7) is 2.44. The number of hydrogen-bond acceptors (Lipinski definition) is 3. The fraction of sp³-hybridized carbons (Fsp3) is 0.364. The van der Waals surface area contributed by atoms with Gasteiger partial charge in [0.25, 0.3) is 5.91 Å². The molecule has 0 saturated carbocycles. The number of benzene rings is 1. The summed E-state index contributed by atoms with van der Waals surface area (Å²) in [5.41, 5.74) is 5.83. The first-order valence-corrected chi connectivity index (χ1v) is 4.93. The van der Waals surface area contributed by atoms with Crippen LogP contribution in [0.15, 0.2) is 24.3 Å². The molecule has 1 unspecified atom stereocenters. The van der Waals surface area contributed by atoms with Gasteiger partial charge in [-0.1, -0.05) is 6.07 Å². The summed E-state index contributed by atoms with van der Waals surface area (Å²) in [5, 5.41) is 12.0. The van der Waals surface area contributed by atoms with Crippen molar-refractivity contribution in [2.24, 2.45) is 5.73 Å². The molecule has 0 aliphatic heterocycles. The molecule has 0 spiro atoms. The number of nitrogens with two attached hydrogens (primary N) is 1. The van der Waals surface area contributed by atoms with Crippen LogP contribution in [0.5, 0.6) is 5.75 Å². The average molecular weight is 208 g/mol. The van der Waals surface area contributed by atoms with Gasteiger partial charge in [-0.25, -0.2) is 0 Å². The average Bonchev–Trinajstić information content (AvgIpc) is 2.18. The lowest BCUT2D eigenvalue weighted by Crippen LogP contribution is -2.33. The molecule has 0 bridgehead atoms. The van der Waals surface area contributed by atoms with Crippen LogP contribution in [0.4, 0.5) is 0 Å². The van der Waals surface area contributed by atoms with Crippen LogP contribution in [0.1, 0.15) is 23.7 Å². The second kappa shape index (κ2) is 5.36. The Morgan fingerprint density at radius 2 is 2.33 bits per heavy atom. The Balaban J connectivity index is 2.61. The Bertz CT molecular complexity index is 339. The molecule has 0 heterocycles. The maximum absolute atomic E-state index is 11.6. The molecule has 0 aliphatic rings. The van der Waals surface area contributed by atoms with Gasteiger partial charge < -0.3 is 16.2 Å². The maximum atomic E-state index is 11.6. The number of carbonyl (C=O) groups excluding carboxylic acids is 1. The first kappa shape index (κ1) is 11.5. The fourth-order valence-electron chi connectivity index (χ4n) is 1.28. The van der Waals surface area contributed by atoms with Crippen LogP contribution in [0.3, 0.4) is 0 Å². The minimum Gasteiger partial charge on any atom is -0.508 e. The summed E-state index contributed by atoms with van der Waals surface area (Å²) in [4.78, 5) is 11.6. The van der Waals surface area contributed by atoms with E-state index in [0.717, 1.165) is 6.42 Å². The number of hydrogen-bond donors (Lipinski definition) is 3. The molecular weight excluding hydrogens is 192 g/mol. The largest absolute Gasteiger partial charge is 0.508 e. The highest BCUT2D eigenvalue weighted by atomic mass is 16.3. The van der Waals surface area contributed by atoms with E-state index in [1.54, 1.807) is 12.1 Å². The minimum absolute atomic E-state index is 0.0462. The molecule has 0 radical (unpaired) electrons. The van der Waals surface area contributed by atoms with E-state index in [1.165, 1.54) is 12.1 Å². The van der Waals surface area contributed by atoms with Crippen LogP contribution < -0.4 is 11.1 Å². The lowest BCUT2D eigenvalue weighted by molar-refractivity contribution is 0.0938. The molecule has 4 heteroatoms. The van der Waals surface area contributed by atoms with E-state index in [9.17, 15) is 9.90 Å². The molecule has 0 aliphatic carbocycles. The smallest absolute Gasteiger partial charge is 0.251 e. The highest BCUT2D eigenvalue weighted by molar-refractivity contribution is 5.94. The zero-order valence-electron chi connectivity index (χ0n) is 8.73. The quantitative estimate of drug-likeness (QED) is 0.687. The molecule has 4 N–H and O–H groups in total. The Morgan fingerprint density at radius 1 is 1.60 bits per heavy atom. The van der Waals surface area contributed by atoms with Gasteiger partial charge in [-0.2, -0.15) is 0 Å². The van der Waals surface area contributed by atoms with Gasteiger partial charge in [0.1, 0.15) is 5.75 Å². The molecule has 1 amide bonds. The minimum atomic E-state index is -0.188. The number of aromatic hydroxyl groups is 1. The summed E-state index contributed by atoms with van der Waals surface area (Å²) < 4.78 is 0. The summed E-state index contributed by atoms with van der Waals surface area (Å²) in [5.74, 6) is -0.0963. The number of phenolic OH excluding ortho intramolecular Hbond substituents is 1. The van der Waals surface area contributed by atoms with Crippen LogP contribution in [0.25, 0.3) is 0 Å². The molecule has 1 aromatic carbocycles. The van der Waals surface area contributed by atoms with Gasteiger partial charge in [0.2, 0.25) is 0 Å². The van der Waals surface area contributed by atoms with E-state index in [-0.39, 0.29) is 17.7 Å². The van der Waals surface area contributed by atoms with Crippen LogP contribution >= 0.6 is 0 Å². The molecule has 0 saturated heterocycles. The number of phenols is 1. The predicted molar refractivity (Wildman–Crippen MR) is 58.7 cm³/mol. The van der Waals surface area contributed by atoms with E-state index in [2.05, 4.69) is 5.32 Å². The number of nitrogens with one attached hydrogen (secondary N) is 1. The summed E-state index contributed by atoms with van der Waals surface area (Å²) >= 11 is 0. The lowest BCUT2D eigenvalue weighted by atomic mass is 10.1. The van der Waals surface area contributed by atoms with Crippen molar-refractivity contribution in [3.63, 3.8) is 0 Å². The van der Waals surface area contributed by atoms with Crippen molar-refractivity contribution in [3.05, 3.63) is 29.8 Å². The van der Waals surface area contributed by atoms with Crippen LogP contribution in [-0.2, 0) is 0 Å². The van der Waals surface area contributed by atoms with Crippen LogP contribution in [0, 0.1) is 0 Å². The van der Waals surface area contributed by atoms with Crippen molar-refractivity contribution in [3.8, 4) is 5.75 Å². The highest BCUT2D eigenvalue weighted by Gasteiger charge is 2.09. The summed E-state index contributed by atoms with van der Waals surface area (Å²) in [7, 11) is 0. The van der Waals surface area contributed by atoms with E-state index in [0.29, 0.717) is 12.1 Å². The van der Waals surface area contributed by atoms with Gasteiger partial charge in [-0.05, 0) is 38.1 Å². The van der Waals surface area contributed by atoms with Gasteiger partial charge >= 0.3 is 0 Å². The van der Waals surface area contributed by atoms with Gasteiger partial charge in [-0.15, -0.1) is 0 Å². The Labute approximate surface area is 89.1 Å². The second-order valence-corrected chi connectivity index (χ2v) is 3.50. The molecule has 0 aromatic heterocycles. The number of rotatable bonds is 4. The highest BCUT2D eigenvalue weighted by Crippen LogP contribution is 2.10. The topological polar surface area (TPSA) is 75.3 Å². The molecule has 4 nitrogen and oxygen atoms in total. The predicted octanol–water partition coefficient (Wildman–Crippen LogP) is 0.859. The standard InChI is InChI=1S/C11H16N2O2/c1-8(5-6-12)13-11(15)9-3-2-4-10(14)7-9/h2-4,7-8,14H,5-6,12H2,1H3,(H,13,15). The Morgan fingerprint density at radius 3 is 2.93 bits per heavy atom. The zero-order chi connectivity index (χ0) is 11.3. The van der Waals surface area contributed by atoms with E-state index >= 15 is 0 Å². The molecule has 0 fully saturated rings. The van der Waals surface area contributed by atoms with Gasteiger partial charge in [0, 0.05) is 11.6 Å². The fourth-order valence-corrected chi connectivity index (χ4v) is 1.28. The summed E-state index contributed by atoms with van der Waals surface area (Å²) in [6.07, 6.45) is 0.741. The van der Waals surface area contributed by atoms with Gasteiger partial charge in [-0.3, -0.25) is 4.79 Å². The second-order valence-electron chi connectivity index (χ2n) is 3.50. The molecule has 15 heavy (non-hydrogen) atoms. The van der Waals surface area contributed by atoms with E-state index in [4.69, 9.17) is 5.73 Å². The van der Waals surface area contributed by atoms with E-state index in [1.807, 2.05) is 6.92 Å². The third-order valence-electron chi connectivity index (χ3n) is 2.09. The number of carbonyl (C=O) groups is 1. The Kier molecular flexibility index (Phi) is 4.12. The van der Waals surface area contributed by atoms with Gasteiger partial charge in [0.05, 0.1) is 0 Å². The van der Waals surface area contributed by atoms with Crippen LogP contribution in [-0.4, -0.2) is 23.6 Å². The van der Waals surface area contributed by atoms with Crippen molar-refractivity contribution in [2.45, 2.75) is 19.4 Å². The summed E-state index contributed by atoms with van der Waals surface area (Å²) in [6, 6.07) is 6.30. The number of amides is 1. The van der Waals surface area contributed by atoms with Crippen LogP contribution in [0.2, 0.25) is 0 Å². The van der Waals surface area contributed by atoms with Crippen molar-refractivity contribution in [1.29, 1.82) is 0 Å². The van der Waals surface area contributed by atoms with E-state index < -0.39 is 0 Å². The molecule has 1 aromatic rings. The first-order chi connectivity index (χ1) is 7.13. The third-order valence-corrected chi connectivity index (χ3v) is 2.09. The molecule has 1 rings (SSSR count). The lowest BCUT2D eigenvalue weighted by Gasteiger charge is -2.12. The maximum Gasteiger partial charge on any atom is 0.251 e. The first-order valence-electron chi connectivity index (χ1n) is 4.93. The Hall–Kier alpha value is -1.55. The SMILES string of the molecule is CC(CCN)NC(=O)c1cccc(O)c1. The molecular formula is C11H16N2O2. The van der Waals surface area contributed by atoms with Crippen molar-refractivity contribution in [1.82, 2.24) is 5.32 Å². The van der Waals surface area contributed by atoms with Crippen molar-refractivity contribution in [2.75, 3.05) is 6.54 Å². The monoisotopic (exact) mass is 208 g/mol. The van der Waals surface area contributed by atoms with Gasteiger partial charge in [0.15, 0.2) is 0 Å². The van der Waals surface area contributed by atoms with Crippen molar-refractivity contribution >= 4 is 5.91 Å². The molecule has 1 atom stereocenters. The molecule has 82 valence electrons. The normalized spacial score (nSPS) is 12.1. The zero-order valence-corrected chi connectivity index (χ0v) is 8.73.